The fourth-order valence-electron chi connectivity index (χ4n) is 1.28. The molecule has 0 aliphatic carbocycles. The van der Waals surface area contributed by atoms with Crippen molar-refractivity contribution >= 4 is 0 Å². The lowest BCUT2D eigenvalue weighted by Crippen LogP contribution is -1.74. The average molecular weight is 272 g/mol. The Kier molecular flexibility index (Phi) is 14.4. The molecule has 0 saturated carbocycles. The van der Waals surface area contributed by atoms with Gasteiger partial charge in [-0.2, -0.15) is 0 Å². The fourth-order valence-corrected chi connectivity index (χ4v) is 1.28. The van der Waals surface area contributed by atoms with Gasteiger partial charge >= 0.3 is 0 Å². The van der Waals surface area contributed by atoms with Crippen LogP contribution >= 0.6 is 0 Å². The van der Waals surface area contributed by atoms with Crippen molar-refractivity contribution < 1.29 is 0 Å². The molecule has 0 aromatic carbocycles. The Morgan fingerprint density at radius 3 is 1.75 bits per heavy atom. The number of hydrogen-bond donors (Lipinski definition) is 0. The van der Waals surface area contributed by atoms with Crippen LogP contribution < -0.4 is 0 Å². The van der Waals surface area contributed by atoms with Crippen LogP contribution in [0.2, 0.25) is 0 Å². The van der Waals surface area contributed by atoms with Crippen LogP contribution in [0.1, 0.15) is 53.4 Å². The van der Waals surface area contributed by atoms with Gasteiger partial charge in [0.2, 0.25) is 0 Å². The molecule has 0 heteroatoms. The van der Waals surface area contributed by atoms with E-state index < -0.39 is 0 Å². The van der Waals surface area contributed by atoms with Gasteiger partial charge in [-0.25, -0.2) is 0 Å². The Hall–Kier alpha value is -1.56. The second-order valence-electron chi connectivity index (χ2n) is 5.33. The van der Waals surface area contributed by atoms with Gasteiger partial charge in [0, 0.05) is 0 Å². The molecule has 0 N–H and O–H groups in total. The van der Waals surface area contributed by atoms with Gasteiger partial charge in [-0.3, -0.25) is 0 Å². The molecule has 0 aliphatic rings. The van der Waals surface area contributed by atoms with Crippen LogP contribution in [0.4, 0.5) is 0 Å². The third-order valence-corrected chi connectivity index (χ3v) is 2.67. The summed E-state index contributed by atoms with van der Waals surface area (Å²) in [5.74, 6) is 0. The summed E-state index contributed by atoms with van der Waals surface area (Å²) in [6, 6.07) is 0. The lowest BCUT2D eigenvalue weighted by Gasteiger charge is -1.94. The molecule has 0 spiro atoms. The standard InChI is InChI=1S/2C10H16/c2*1-5-10(4)8-6-7-9(2)3/h5,7H,1,4,6,8H2,2-3H3;5,8H,1-2,6-7H2,3-4H3/b;10-8+. The smallest absolute Gasteiger partial charge is 0.0250 e. The van der Waals surface area contributed by atoms with Crippen molar-refractivity contribution in [2.75, 3.05) is 0 Å². The average Bonchev–Trinajstić information content (AvgIpc) is 2.38. The third kappa shape index (κ3) is 18.8. The van der Waals surface area contributed by atoms with E-state index in [1.54, 1.807) is 0 Å². The summed E-state index contributed by atoms with van der Waals surface area (Å²) in [4.78, 5) is 0. The van der Waals surface area contributed by atoms with Crippen molar-refractivity contribution in [2.45, 2.75) is 53.4 Å². The molecule has 0 bridgehead atoms. The molecule has 0 aromatic heterocycles. The largest absolute Gasteiger partial charge is 0.100 e. The van der Waals surface area contributed by atoms with Crippen molar-refractivity contribution in [1.29, 1.82) is 0 Å². The first-order valence-corrected chi connectivity index (χ1v) is 7.20. The molecule has 0 atom stereocenters. The third-order valence-electron chi connectivity index (χ3n) is 2.67. The Morgan fingerprint density at radius 1 is 0.800 bits per heavy atom. The minimum atomic E-state index is 1.04. The van der Waals surface area contributed by atoms with Crippen LogP contribution in [0.3, 0.4) is 0 Å². The highest BCUT2D eigenvalue weighted by Gasteiger charge is 1.85. The molecule has 0 nitrogen and oxygen atoms in total. The van der Waals surface area contributed by atoms with Crippen molar-refractivity contribution in [1.82, 2.24) is 0 Å². The molecule has 0 aliphatic heterocycles. The van der Waals surface area contributed by atoms with Crippen LogP contribution in [0.15, 0.2) is 72.9 Å². The highest BCUT2D eigenvalue weighted by molar-refractivity contribution is 5.13. The van der Waals surface area contributed by atoms with Gasteiger partial charge in [0.05, 0.1) is 0 Å². The topological polar surface area (TPSA) is 0 Å². The predicted octanol–water partition coefficient (Wildman–Crippen LogP) is 6.95. The highest BCUT2D eigenvalue weighted by Crippen LogP contribution is 2.05. The van der Waals surface area contributed by atoms with E-state index in [1.165, 1.54) is 16.7 Å². The molecule has 0 fully saturated rings. The molecule has 0 heterocycles. The minimum Gasteiger partial charge on any atom is -0.100 e. The molecular weight excluding hydrogens is 240 g/mol. The van der Waals surface area contributed by atoms with Crippen LogP contribution in [-0.2, 0) is 0 Å². The van der Waals surface area contributed by atoms with Crippen LogP contribution in [-0.4, -0.2) is 0 Å². The van der Waals surface area contributed by atoms with E-state index in [0.29, 0.717) is 0 Å². The molecule has 20 heavy (non-hydrogen) atoms. The van der Waals surface area contributed by atoms with E-state index in [2.05, 4.69) is 66.2 Å². The monoisotopic (exact) mass is 272 g/mol. The zero-order valence-corrected chi connectivity index (χ0v) is 14.0. The van der Waals surface area contributed by atoms with Crippen molar-refractivity contribution in [3.05, 3.63) is 72.9 Å². The van der Waals surface area contributed by atoms with Gasteiger partial charge in [0.15, 0.2) is 0 Å². The van der Waals surface area contributed by atoms with Crippen molar-refractivity contribution in [2.24, 2.45) is 0 Å². The van der Waals surface area contributed by atoms with E-state index in [4.69, 9.17) is 0 Å². The van der Waals surface area contributed by atoms with Crippen LogP contribution in [0, 0.1) is 0 Å². The van der Waals surface area contributed by atoms with Crippen LogP contribution in [0.5, 0.6) is 0 Å². The van der Waals surface area contributed by atoms with Crippen molar-refractivity contribution in [3.63, 3.8) is 0 Å². The maximum absolute atomic E-state index is 3.82. The van der Waals surface area contributed by atoms with Crippen LogP contribution in [0.25, 0.3) is 0 Å². The zero-order chi connectivity index (χ0) is 16.0. The quantitative estimate of drug-likeness (QED) is 0.331. The predicted molar refractivity (Wildman–Crippen MR) is 96.0 cm³/mol. The molecular formula is C20H32. The number of rotatable bonds is 8. The Morgan fingerprint density at radius 2 is 1.35 bits per heavy atom. The van der Waals surface area contributed by atoms with E-state index in [-0.39, 0.29) is 0 Å². The second-order valence-corrected chi connectivity index (χ2v) is 5.33. The second kappa shape index (κ2) is 13.9. The first-order valence-electron chi connectivity index (χ1n) is 7.20. The van der Waals surface area contributed by atoms with Gasteiger partial charge in [-0.05, 0) is 53.4 Å². The van der Waals surface area contributed by atoms with E-state index >= 15 is 0 Å². The lowest BCUT2D eigenvalue weighted by molar-refractivity contribution is 0.977. The summed E-state index contributed by atoms with van der Waals surface area (Å²) in [5.41, 5.74) is 4.99. The summed E-state index contributed by atoms with van der Waals surface area (Å²) < 4.78 is 0. The maximum atomic E-state index is 3.82. The number of hydrogen-bond acceptors (Lipinski definition) is 0. The molecule has 0 amide bonds. The SMILES string of the molecule is C=C/C(C)=C/CCC(=C)C.C=CC(=C)CCC=C(C)C. The summed E-state index contributed by atoms with van der Waals surface area (Å²) in [6.07, 6.45) is 12.4. The minimum absolute atomic E-state index is 1.04. The fraction of sp³-hybridized carbons (Fsp3) is 0.400. The Balaban J connectivity index is 0. The van der Waals surface area contributed by atoms with Gasteiger partial charge in [0.1, 0.15) is 0 Å². The number of allylic oxidation sites excluding steroid dienone is 8. The van der Waals surface area contributed by atoms with Gasteiger partial charge in [0.25, 0.3) is 0 Å². The first-order chi connectivity index (χ1) is 9.33. The Bertz CT molecular complexity index is 371. The van der Waals surface area contributed by atoms with Gasteiger partial charge < -0.3 is 0 Å². The molecule has 0 rings (SSSR count). The summed E-state index contributed by atoms with van der Waals surface area (Å²) >= 11 is 0. The molecule has 112 valence electrons. The van der Waals surface area contributed by atoms with Gasteiger partial charge in [-0.1, -0.05) is 66.3 Å². The highest BCUT2D eigenvalue weighted by atomic mass is 13.9. The van der Waals surface area contributed by atoms with E-state index in [9.17, 15) is 0 Å². The summed E-state index contributed by atoms with van der Waals surface area (Å²) in [6.45, 7) is 23.3. The Labute approximate surface area is 127 Å². The molecule has 0 radical (unpaired) electrons. The normalized spacial score (nSPS) is 9.90. The van der Waals surface area contributed by atoms with E-state index in [1.807, 2.05) is 12.2 Å². The van der Waals surface area contributed by atoms with Crippen molar-refractivity contribution in [3.8, 4) is 0 Å². The zero-order valence-electron chi connectivity index (χ0n) is 14.0. The van der Waals surface area contributed by atoms with E-state index in [0.717, 1.165) is 31.3 Å². The lowest BCUT2D eigenvalue weighted by atomic mass is 10.1. The van der Waals surface area contributed by atoms with Gasteiger partial charge in [-0.15, -0.1) is 6.58 Å². The summed E-state index contributed by atoms with van der Waals surface area (Å²) in [7, 11) is 0. The first kappa shape index (κ1) is 20.8. The molecule has 0 unspecified atom stereocenters. The molecule has 0 aromatic rings. The molecule has 0 saturated heterocycles. The maximum Gasteiger partial charge on any atom is -0.0250 e. The summed E-state index contributed by atoms with van der Waals surface area (Å²) in [5, 5.41) is 0.